The first-order chi connectivity index (χ1) is 9.17. The molecule has 0 saturated carbocycles. The van der Waals surface area contributed by atoms with Crippen molar-refractivity contribution in [1.29, 1.82) is 0 Å². The minimum Gasteiger partial charge on any atom is -0.327 e. The van der Waals surface area contributed by atoms with Crippen molar-refractivity contribution in [3.63, 3.8) is 0 Å². The molecule has 1 unspecified atom stereocenters. The fraction of sp³-hybridized carbons (Fsp3) is 0.267. The Kier molecular flexibility index (Phi) is 5.43. The van der Waals surface area contributed by atoms with Crippen LogP contribution in [0, 0.1) is 0 Å². The Morgan fingerprint density at radius 1 is 1.21 bits per heavy atom. The van der Waals surface area contributed by atoms with Gasteiger partial charge in [-0.1, -0.05) is 40.7 Å². The van der Waals surface area contributed by atoms with Crippen LogP contribution >= 0.6 is 27.7 Å². The molecule has 1 atom stereocenters. The van der Waals surface area contributed by atoms with Crippen molar-refractivity contribution in [2.75, 3.05) is 0 Å². The van der Waals surface area contributed by atoms with Crippen LogP contribution in [0.2, 0.25) is 0 Å². The topological polar surface area (TPSA) is 38.9 Å². The highest BCUT2D eigenvalue weighted by Gasteiger charge is 2.03. The molecule has 0 saturated heterocycles. The Morgan fingerprint density at radius 3 is 2.53 bits per heavy atom. The molecule has 19 heavy (non-hydrogen) atoms. The van der Waals surface area contributed by atoms with Gasteiger partial charge in [-0.05, 0) is 48.7 Å². The highest BCUT2D eigenvalue weighted by Crippen LogP contribution is 2.27. The number of pyridine rings is 1. The van der Waals surface area contributed by atoms with Crippen molar-refractivity contribution in [3.05, 3.63) is 52.6 Å². The molecular weight excluding hydrogens is 320 g/mol. The van der Waals surface area contributed by atoms with Gasteiger partial charge in [0.2, 0.25) is 0 Å². The third-order valence-electron chi connectivity index (χ3n) is 2.86. The molecule has 2 nitrogen and oxygen atoms in total. The van der Waals surface area contributed by atoms with Crippen LogP contribution in [0.15, 0.2) is 57.0 Å². The van der Waals surface area contributed by atoms with Crippen molar-refractivity contribution in [2.45, 2.75) is 35.7 Å². The van der Waals surface area contributed by atoms with E-state index in [4.69, 9.17) is 5.73 Å². The molecule has 2 N–H and O–H groups in total. The van der Waals surface area contributed by atoms with Gasteiger partial charge in [0.05, 0.1) is 0 Å². The average Bonchev–Trinajstić information content (AvgIpc) is 2.43. The molecule has 4 heteroatoms. The zero-order valence-corrected chi connectivity index (χ0v) is 13.2. The first-order valence-corrected chi connectivity index (χ1v) is 7.92. The Labute approximate surface area is 126 Å². The summed E-state index contributed by atoms with van der Waals surface area (Å²) in [5.41, 5.74) is 7.15. The van der Waals surface area contributed by atoms with Crippen LogP contribution in [0.4, 0.5) is 0 Å². The number of halogens is 1. The molecule has 0 aliphatic heterocycles. The zero-order chi connectivity index (χ0) is 13.7. The molecule has 0 bridgehead atoms. The minimum absolute atomic E-state index is 0.228. The van der Waals surface area contributed by atoms with Gasteiger partial charge in [0.15, 0.2) is 0 Å². The van der Waals surface area contributed by atoms with Crippen molar-refractivity contribution in [3.8, 4) is 0 Å². The number of hydrogen-bond acceptors (Lipinski definition) is 3. The van der Waals surface area contributed by atoms with Crippen LogP contribution in [0.1, 0.15) is 18.9 Å². The Balaban J connectivity index is 2.00. The fourth-order valence-electron chi connectivity index (χ4n) is 1.66. The molecule has 1 aromatic carbocycles. The van der Waals surface area contributed by atoms with Gasteiger partial charge >= 0.3 is 0 Å². The first kappa shape index (κ1) is 14.6. The maximum Gasteiger partial charge on any atom is 0.101 e. The number of nitrogens with two attached hydrogens (primary N) is 1. The first-order valence-electron chi connectivity index (χ1n) is 6.31. The van der Waals surface area contributed by atoms with Crippen LogP contribution < -0.4 is 5.73 Å². The number of nitrogens with zero attached hydrogens (tertiary/aromatic N) is 1. The number of rotatable bonds is 5. The van der Waals surface area contributed by atoms with Crippen LogP contribution in [0.3, 0.4) is 0 Å². The molecule has 0 aliphatic carbocycles. The molecule has 0 spiro atoms. The molecule has 1 heterocycles. The summed E-state index contributed by atoms with van der Waals surface area (Å²) in [7, 11) is 0. The molecule has 100 valence electrons. The van der Waals surface area contributed by atoms with Gasteiger partial charge < -0.3 is 5.73 Å². The molecule has 0 radical (unpaired) electrons. The van der Waals surface area contributed by atoms with E-state index in [1.54, 1.807) is 11.8 Å². The summed E-state index contributed by atoms with van der Waals surface area (Å²) in [4.78, 5) is 5.67. The summed E-state index contributed by atoms with van der Waals surface area (Å²) in [5, 5.41) is 1.01. The Morgan fingerprint density at radius 2 is 1.95 bits per heavy atom. The highest BCUT2D eigenvalue weighted by molar-refractivity contribution is 9.10. The average molecular weight is 337 g/mol. The summed E-state index contributed by atoms with van der Waals surface area (Å²) in [6, 6.07) is 12.6. The third kappa shape index (κ3) is 4.64. The van der Waals surface area contributed by atoms with E-state index in [9.17, 15) is 0 Å². The lowest BCUT2D eigenvalue weighted by molar-refractivity contribution is 0.644. The van der Waals surface area contributed by atoms with Crippen molar-refractivity contribution >= 4 is 27.7 Å². The number of aromatic nitrogens is 1. The van der Waals surface area contributed by atoms with Crippen LogP contribution in [0.25, 0.3) is 0 Å². The van der Waals surface area contributed by atoms with E-state index in [2.05, 4.69) is 52.1 Å². The summed E-state index contributed by atoms with van der Waals surface area (Å²) in [6.07, 6.45) is 3.82. The smallest absolute Gasteiger partial charge is 0.101 e. The van der Waals surface area contributed by atoms with E-state index in [1.807, 2.05) is 18.3 Å². The molecular formula is C15H17BrN2S. The van der Waals surface area contributed by atoms with Gasteiger partial charge in [-0.15, -0.1) is 0 Å². The monoisotopic (exact) mass is 336 g/mol. The predicted molar refractivity (Wildman–Crippen MR) is 84.5 cm³/mol. The summed E-state index contributed by atoms with van der Waals surface area (Å²) >= 11 is 5.10. The van der Waals surface area contributed by atoms with E-state index >= 15 is 0 Å². The van der Waals surface area contributed by atoms with Crippen molar-refractivity contribution in [2.24, 2.45) is 5.73 Å². The minimum atomic E-state index is 0.228. The zero-order valence-electron chi connectivity index (χ0n) is 10.8. The fourth-order valence-corrected chi connectivity index (χ4v) is 2.68. The second kappa shape index (κ2) is 7.08. The molecule has 1 aromatic heterocycles. The molecule has 2 rings (SSSR count). The third-order valence-corrected chi connectivity index (χ3v) is 4.34. The largest absolute Gasteiger partial charge is 0.327 e. The van der Waals surface area contributed by atoms with Crippen LogP contribution in [0.5, 0.6) is 0 Å². The summed E-state index contributed by atoms with van der Waals surface area (Å²) in [5.74, 6) is 0. The highest BCUT2D eigenvalue weighted by atomic mass is 79.9. The van der Waals surface area contributed by atoms with Gasteiger partial charge in [0.1, 0.15) is 5.03 Å². The van der Waals surface area contributed by atoms with Crippen LogP contribution in [-0.2, 0) is 6.42 Å². The normalized spacial score (nSPS) is 12.4. The number of benzene rings is 1. The SMILES string of the molecule is CCC(N)Cc1ccc(Sc2ccc(Br)cc2)nc1. The lowest BCUT2D eigenvalue weighted by atomic mass is 10.1. The maximum atomic E-state index is 5.94. The summed E-state index contributed by atoms with van der Waals surface area (Å²) in [6.45, 7) is 2.11. The lowest BCUT2D eigenvalue weighted by Gasteiger charge is -2.08. The lowest BCUT2D eigenvalue weighted by Crippen LogP contribution is -2.21. The predicted octanol–water partition coefficient (Wildman–Crippen LogP) is 4.28. The molecule has 0 amide bonds. The second-order valence-electron chi connectivity index (χ2n) is 4.43. The van der Waals surface area contributed by atoms with Crippen molar-refractivity contribution in [1.82, 2.24) is 4.98 Å². The van der Waals surface area contributed by atoms with E-state index in [1.165, 1.54) is 10.5 Å². The molecule has 0 fully saturated rings. The Bertz CT molecular complexity index is 511. The maximum absolute atomic E-state index is 5.94. The number of hydrogen-bond donors (Lipinski definition) is 1. The summed E-state index contributed by atoms with van der Waals surface area (Å²) < 4.78 is 1.09. The molecule has 2 aromatic rings. The van der Waals surface area contributed by atoms with Gasteiger partial charge in [-0.2, -0.15) is 0 Å². The Hall–Kier alpha value is -0.840. The quantitative estimate of drug-likeness (QED) is 0.885. The van der Waals surface area contributed by atoms with Crippen molar-refractivity contribution < 1.29 is 0 Å². The van der Waals surface area contributed by atoms with E-state index in [0.717, 1.165) is 22.3 Å². The second-order valence-corrected chi connectivity index (χ2v) is 6.44. The van der Waals surface area contributed by atoms with Gasteiger partial charge in [-0.25, -0.2) is 4.98 Å². The van der Waals surface area contributed by atoms with Crippen LogP contribution in [-0.4, -0.2) is 11.0 Å². The van der Waals surface area contributed by atoms with Gasteiger partial charge in [-0.3, -0.25) is 0 Å². The van der Waals surface area contributed by atoms with Gasteiger partial charge in [0.25, 0.3) is 0 Å². The standard InChI is InChI=1S/C15H17BrN2S/c1-2-13(17)9-11-3-8-15(18-10-11)19-14-6-4-12(16)5-7-14/h3-8,10,13H,2,9,17H2,1H3. The van der Waals surface area contributed by atoms with E-state index < -0.39 is 0 Å². The van der Waals surface area contributed by atoms with Gasteiger partial charge in [0, 0.05) is 21.6 Å². The van der Waals surface area contributed by atoms with E-state index in [-0.39, 0.29) is 6.04 Å². The van der Waals surface area contributed by atoms with E-state index in [0.29, 0.717) is 0 Å². The molecule has 0 aliphatic rings.